The molecule has 136 valence electrons. The molecule has 0 aliphatic carbocycles. The number of benzene rings is 1. The fraction of sp³-hybridized carbons (Fsp3) is 0.471. The summed E-state index contributed by atoms with van der Waals surface area (Å²) in [7, 11) is 0. The summed E-state index contributed by atoms with van der Waals surface area (Å²) in [5.74, 6) is -1.45. The summed E-state index contributed by atoms with van der Waals surface area (Å²) in [6.45, 7) is 1.89. The Morgan fingerprint density at radius 3 is 2.36 bits per heavy atom. The normalized spacial score (nSPS) is 14.3. The van der Waals surface area contributed by atoms with Crippen LogP contribution in [0.2, 0.25) is 0 Å². The molecule has 0 radical (unpaired) electrons. The number of rotatable bonds is 6. The molecule has 0 atom stereocenters. The van der Waals surface area contributed by atoms with E-state index < -0.39 is 11.8 Å². The SMILES string of the molecule is O=C(O)CCCNC(=O)N1CCN(C(=O)Cc2ccccc2F)CC1. The zero-order chi connectivity index (χ0) is 18.2. The van der Waals surface area contributed by atoms with Crippen LogP contribution in [0.15, 0.2) is 24.3 Å². The summed E-state index contributed by atoms with van der Waals surface area (Å²) in [4.78, 5) is 37.9. The Balaban J connectivity index is 1.73. The maximum absolute atomic E-state index is 13.6. The fourth-order valence-electron chi connectivity index (χ4n) is 2.62. The third kappa shape index (κ3) is 5.74. The maximum Gasteiger partial charge on any atom is 0.317 e. The van der Waals surface area contributed by atoms with Gasteiger partial charge in [-0.25, -0.2) is 9.18 Å². The second-order valence-electron chi connectivity index (χ2n) is 5.87. The number of halogens is 1. The van der Waals surface area contributed by atoms with E-state index in [1.807, 2.05) is 0 Å². The summed E-state index contributed by atoms with van der Waals surface area (Å²) >= 11 is 0. The van der Waals surface area contributed by atoms with Crippen LogP contribution in [0.1, 0.15) is 18.4 Å². The molecule has 2 N–H and O–H groups in total. The highest BCUT2D eigenvalue weighted by Gasteiger charge is 2.24. The van der Waals surface area contributed by atoms with Gasteiger partial charge in [-0.3, -0.25) is 9.59 Å². The Morgan fingerprint density at radius 1 is 1.08 bits per heavy atom. The smallest absolute Gasteiger partial charge is 0.317 e. The number of piperazine rings is 1. The number of nitrogens with one attached hydrogen (secondary N) is 1. The summed E-state index contributed by atoms with van der Waals surface area (Å²) in [6, 6.07) is 5.94. The fourth-order valence-corrected chi connectivity index (χ4v) is 2.62. The Bertz CT molecular complexity index is 630. The second kappa shape index (κ2) is 9.00. The van der Waals surface area contributed by atoms with Gasteiger partial charge in [0.2, 0.25) is 5.91 Å². The van der Waals surface area contributed by atoms with Gasteiger partial charge in [-0.2, -0.15) is 0 Å². The molecule has 3 amide bonds. The molecule has 1 aliphatic heterocycles. The van der Waals surface area contributed by atoms with Crippen LogP contribution in [0, 0.1) is 5.82 Å². The number of aliphatic carboxylic acids is 1. The topological polar surface area (TPSA) is 89.9 Å². The zero-order valence-corrected chi connectivity index (χ0v) is 13.9. The lowest BCUT2D eigenvalue weighted by atomic mass is 10.1. The monoisotopic (exact) mass is 351 g/mol. The van der Waals surface area contributed by atoms with E-state index >= 15 is 0 Å². The highest BCUT2D eigenvalue weighted by Crippen LogP contribution is 2.10. The summed E-state index contributed by atoms with van der Waals surface area (Å²) in [5.41, 5.74) is 0.367. The minimum absolute atomic E-state index is 0.00799. The lowest BCUT2D eigenvalue weighted by Crippen LogP contribution is -2.53. The van der Waals surface area contributed by atoms with Crippen molar-refractivity contribution in [3.8, 4) is 0 Å². The van der Waals surface area contributed by atoms with Crippen molar-refractivity contribution in [2.75, 3.05) is 32.7 Å². The van der Waals surface area contributed by atoms with Crippen LogP contribution in [-0.2, 0) is 16.0 Å². The molecule has 1 aromatic carbocycles. The van der Waals surface area contributed by atoms with E-state index in [1.165, 1.54) is 6.07 Å². The van der Waals surface area contributed by atoms with Gasteiger partial charge in [0.05, 0.1) is 6.42 Å². The van der Waals surface area contributed by atoms with E-state index in [4.69, 9.17) is 5.11 Å². The third-order valence-electron chi connectivity index (χ3n) is 4.06. The molecule has 0 saturated carbocycles. The van der Waals surface area contributed by atoms with Gasteiger partial charge in [-0.15, -0.1) is 0 Å². The first-order valence-electron chi connectivity index (χ1n) is 8.23. The molecule has 0 spiro atoms. The number of carbonyl (C=O) groups excluding carboxylic acids is 2. The van der Waals surface area contributed by atoms with Gasteiger partial charge in [-0.1, -0.05) is 18.2 Å². The lowest BCUT2D eigenvalue weighted by molar-refractivity contribution is -0.137. The molecule has 0 aromatic heterocycles. The molecule has 8 heteroatoms. The standard InChI is InChI=1S/C17H22FN3O4/c18-14-5-2-1-4-13(14)12-15(22)20-8-10-21(11-9-20)17(25)19-7-3-6-16(23)24/h1-2,4-5H,3,6-12H2,(H,19,25)(H,23,24). The van der Waals surface area contributed by atoms with Crippen LogP contribution in [0.4, 0.5) is 9.18 Å². The Kier molecular flexibility index (Phi) is 6.73. The summed E-state index contributed by atoms with van der Waals surface area (Å²) < 4.78 is 13.6. The van der Waals surface area contributed by atoms with E-state index in [9.17, 15) is 18.8 Å². The van der Waals surface area contributed by atoms with Crippen molar-refractivity contribution in [2.24, 2.45) is 0 Å². The van der Waals surface area contributed by atoms with Crippen molar-refractivity contribution >= 4 is 17.9 Å². The number of carbonyl (C=O) groups is 3. The number of amides is 3. The molecule has 0 unspecified atom stereocenters. The van der Waals surface area contributed by atoms with Crippen molar-refractivity contribution in [2.45, 2.75) is 19.3 Å². The average molecular weight is 351 g/mol. The van der Waals surface area contributed by atoms with E-state index in [1.54, 1.807) is 28.0 Å². The largest absolute Gasteiger partial charge is 0.481 e. The predicted octanol–water partition coefficient (Wildman–Crippen LogP) is 1.09. The quantitative estimate of drug-likeness (QED) is 0.751. The predicted molar refractivity (Wildman–Crippen MR) is 88.5 cm³/mol. The molecule has 1 aliphatic rings. The number of hydrogen-bond acceptors (Lipinski definition) is 3. The third-order valence-corrected chi connectivity index (χ3v) is 4.06. The van der Waals surface area contributed by atoms with Crippen molar-refractivity contribution < 1.29 is 23.9 Å². The molecule has 7 nitrogen and oxygen atoms in total. The van der Waals surface area contributed by atoms with E-state index in [0.717, 1.165) is 0 Å². The molecular weight excluding hydrogens is 329 g/mol. The molecule has 25 heavy (non-hydrogen) atoms. The average Bonchev–Trinajstić information content (AvgIpc) is 2.60. The van der Waals surface area contributed by atoms with Crippen LogP contribution >= 0.6 is 0 Å². The first-order chi connectivity index (χ1) is 12.0. The second-order valence-corrected chi connectivity index (χ2v) is 5.87. The lowest BCUT2D eigenvalue weighted by Gasteiger charge is -2.34. The molecule has 1 fully saturated rings. The minimum atomic E-state index is -0.892. The molecule has 1 aromatic rings. The zero-order valence-electron chi connectivity index (χ0n) is 13.9. The Morgan fingerprint density at radius 2 is 1.72 bits per heavy atom. The van der Waals surface area contributed by atoms with E-state index in [-0.39, 0.29) is 24.8 Å². The first-order valence-corrected chi connectivity index (χ1v) is 8.23. The molecule has 1 heterocycles. The number of hydrogen-bond donors (Lipinski definition) is 2. The van der Waals surface area contributed by atoms with Crippen LogP contribution in [0.25, 0.3) is 0 Å². The van der Waals surface area contributed by atoms with Crippen LogP contribution in [-0.4, -0.2) is 65.5 Å². The molecule has 1 saturated heterocycles. The van der Waals surface area contributed by atoms with Crippen LogP contribution in [0.5, 0.6) is 0 Å². The van der Waals surface area contributed by atoms with Gasteiger partial charge < -0.3 is 20.2 Å². The molecule has 2 rings (SSSR count). The minimum Gasteiger partial charge on any atom is -0.481 e. The van der Waals surface area contributed by atoms with Gasteiger partial charge >= 0.3 is 12.0 Å². The van der Waals surface area contributed by atoms with Gasteiger partial charge in [0, 0.05) is 39.1 Å². The number of carboxylic acids is 1. The highest BCUT2D eigenvalue weighted by molar-refractivity contribution is 5.79. The van der Waals surface area contributed by atoms with Gasteiger partial charge in [0.25, 0.3) is 0 Å². The van der Waals surface area contributed by atoms with Gasteiger partial charge in [0.1, 0.15) is 5.82 Å². The van der Waals surface area contributed by atoms with Crippen molar-refractivity contribution in [3.63, 3.8) is 0 Å². The van der Waals surface area contributed by atoms with E-state index in [2.05, 4.69) is 5.32 Å². The number of urea groups is 1. The Hall–Kier alpha value is -2.64. The summed E-state index contributed by atoms with van der Waals surface area (Å²) in [5, 5.41) is 11.2. The van der Waals surface area contributed by atoms with Crippen LogP contribution < -0.4 is 5.32 Å². The maximum atomic E-state index is 13.6. The molecule has 0 bridgehead atoms. The van der Waals surface area contributed by atoms with Gasteiger partial charge in [-0.05, 0) is 18.1 Å². The van der Waals surface area contributed by atoms with Crippen molar-refractivity contribution in [1.29, 1.82) is 0 Å². The number of nitrogens with zero attached hydrogens (tertiary/aromatic N) is 2. The molecular formula is C17H22FN3O4. The van der Waals surface area contributed by atoms with Gasteiger partial charge in [0.15, 0.2) is 0 Å². The van der Waals surface area contributed by atoms with Crippen LogP contribution in [0.3, 0.4) is 0 Å². The van der Waals surface area contributed by atoms with Crippen molar-refractivity contribution in [1.82, 2.24) is 15.1 Å². The summed E-state index contributed by atoms with van der Waals surface area (Å²) in [6.07, 6.45) is 0.398. The number of carboxylic acid groups (broad SMARTS) is 1. The van der Waals surface area contributed by atoms with E-state index in [0.29, 0.717) is 44.7 Å². The first kappa shape index (κ1) is 18.7. The Labute approximate surface area is 145 Å². The van der Waals surface area contributed by atoms with Crippen molar-refractivity contribution in [3.05, 3.63) is 35.6 Å². The highest BCUT2D eigenvalue weighted by atomic mass is 19.1.